The second kappa shape index (κ2) is 13.4. The average molecular weight is 835 g/mol. The zero-order chi connectivity index (χ0) is 40.6. The Morgan fingerprint density at radius 2 is 1.43 bits per heavy atom. The molecule has 0 radical (unpaired) electrons. The van der Waals surface area contributed by atoms with Crippen LogP contribution in [0.15, 0.2) is 116 Å². The van der Waals surface area contributed by atoms with Gasteiger partial charge in [-0.05, 0) is 65.8 Å². The first-order valence-corrected chi connectivity index (χ1v) is 20.4. The fourth-order valence-corrected chi connectivity index (χ4v) is 9.77. The minimum absolute atomic E-state index is 0.0648. The molecule has 2 fully saturated rings. The number of aromatic nitrogens is 6. The quantitative estimate of drug-likeness (QED) is 0.118. The first kappa shape index (κ1) is 35.8. The Morgan fingerprint density at radius 1 is 0.733 bits per heavy atom. The van der Waals surface area contributed by atoms with Crippen LogP contribution >= 0.6 is 22.7 Å². The molecule has 2 amide bonds. The smallest absolute Gasteiger partial charge is 0.277 e. The van der Waals surface area contributed by atoms with Crippen LogP contribution in [0.2, 0.25) is 0 Å². The van der Waals surface area contributed by atoms with E-state index in [1.54, 1.807) is 54.7 Å². The molecule has 6 aromatic rings. The molecule has 5 unspecified atom stereocenters. The van der Waals surface area contributed by atoms with E-state index < -0.39 is 29.1 Å². The largest absolute Gasteiger partial charge is 0.508 e. The molecular weight excluding hydrogens is 805 g/mol. The first-order valence-electron chi connectivity index (χ1n) is 18.7. The van der Waals surface area contributed by atoms with Crippen molar-refractivity contribution < 1.29 is 29.3 Å². The van der Waals surface area contributed by atoms with Gasteiger partial charge in [0.15, 0.2) is 32.5 Å². The fourth-order valence-electron chi connectivity index (χ4n) is 7.89. The van der Waals surface area contributed by atoms with E-state index in [2.05, 4.69) is 46.3 Å². The van der Waals surface area contributed by atoms with Gasteiger partial charge in [0.05, 0.1) is 0 Å². The molecule has 7 heterocycles. The number of fused-ring (bicyclic) bond motifs is 2. The molecule has 5 N–H and O–H groups in total. The van der Waals surface area contributed by atoms with Crippen molar-refractivity contribution in [1.82, 2.24) is 35.7 Å². The van der Waals surface area contributed by atoms with E-state index in [0.29, 0.717) is 50.0 Å². The summed E-state index contributed by atoms with van der Waals surface area (Å²) in [7, 11) is 0. The van der Waals surface area contributed by atoms with Crippen LogP contribution in [-0.2, 0) is 19.9 Å². The number of β-lactam (4-membered cyclic amide) rings is 2. The van der Waals surface area contributed by atoms with E-state index in [-0.39, 0.29) is 28.4 Å². The van der Waals surface area contributed by atoms with Gasteiger partial charge in [0.25, 0.3) is 11.8 Å². The van der Waals surface area contributed by atoms with Crippen molar-refractivity contribution in [2.24, 2.45) is 0 Å². The molecule has 1 aliphatic carbocycles. The van der Waals surface area contributed by atoms with Crippen LogP contribution < -0.4 is 25.6 Å². The lowest BCUT2D eigenvalue weighted by Crippen LogP contribution is -2.79. The number of amides is 2. The van der Waals surface area contributed by atoms with Crippen LogP contribution in [0.1, 0.15) is 22.6 Å². The molecule has 5 aliphatic rings. The summed E-state index contributed by atoms with van der Waals surface area (Å²) in [4.78, 5) is 38.0. The number of nitrogens with one attached hydrogen (secondary N) is 3. The number of anilines is 3. The Bertz CT molecular complexity index is 2880. The minimum atomic E-state index is -1.20. The number of hydrogen-bond donors (Lipinski definition) is 5. The van der Waals surface area contributed by atoms with Gasteiger partial charge in [-0.25, -0.2) is 9.97 Å². The summed E-state index contributed by atoms with van der Waals surface area (Å²) < 4.78 is 13.0. The van der Waals surface area contributed by atoms with Gasteiger partial charge in [0.1, 0.15) is 34.2 Å². The average Bonchev–Trinajstić information content (AvgIpc) is 3.97. The molecule has 3 aromatic carbocycles. The summed E-state index contributed by atoms with van der Waals surface area (Å²) in [6.07, 6.45) is 16.5. The van der Waals surface area contributed by atoms with E-state index in [9.17, 15) is 19.8 Å². The Labute approximate surface area is 348 Å². The molecule has 3 aromatic heterocycles. The third-order valence-electron chi connectivity index (χ3n) is 10.8. The van der Waals surface area contributed by atoms with Crippen LogP contribution in [0.5, 0.6) is 17.2 Å². The SMILES string of the molecule is O=C1NC2(C=Cc3ccc(O)cc3N2)C1OC1(c2nnc(-c3nccnc3-c3nnc(N4C(=O)C(Oc5ccccc5)C45C=Cc4ccc(O)cc4N5)s3)s2)C=CC=CC1. The molecule has 11 rings (SSSR count). The van der Waals surface area contributed by atoms with Crippen molar-refractivity contribution in [3.63, 3.8) is 0 Å². The van der Waals surface area contributed by atoms with Crippen LogP contribution in [0, 0.1) is 0 Å². The van der Waals surface area contributed by atoms with E-state index in [0.717, 1.165) is 22.5 Å². The third-order valence-corrected chi connectivity index (χ3v) is 12.8. The maximum Gasteiger partial charge on any atom is 0.277 e. The standard InChI is InChI=1S/C42H30N10O6S2/c53-25-11-9-23-13-17-41(45-28(23)21-25)32(34(55)47-41)58-40(15-5-2-6-16-40)38-50-48-35(59-38)30-31(44-20-19-43-30)36-49-51-39(60-36)52-37(56)33(57-27-7-3-1-4-8-27)42(52)18-14-24-10-12-26(54)22-29(24)46-42/h1-15,17-22,32-33,45-46,53-54H,16H2,(H,47,55). The van der Waals surface area contributed by atoms with Crippen LogP contribution in [0.4, 0.5) is 16.5 Å². The highest BCUT2D eigenvalue weighted by Gasteiger charge is 2.64. The second-order valence-corrected chi connectivity index (χ2v) is 16.5. The van der Waals surface area contributed by atoms with E-state index in [4.69, 9.17) is 9.47 Å². The van der Waals surface area contributed by atoms with Crippen molar-refractivity contribution in [3.8, 4) is 38.7 Å². The van der Waals surface area contributed by atoms with Crippen molar-refractivity contribution in [2.75, 3.05) is 15.5 Å². The normalized spacial score (nSPS) is 25.5. The number of rotatable bonds is 8. The summed E-state index contributed by atoms with van der Waals surface area (Å²) >= 11 is 2.39. The molecule has 0 saturated carbocycles. The molecular formula is C42H30N10O6S2. The number of para-hydroxylation sites is 1. The van der Waals surface area contributed by atoms with Crippen LogP contribution in [0.25, 0.3) is 33.6 Å². The summed E-state index contributed by atoms with van der Waals surface area (Å²) in [6.45, 7) is 0. The van der Waals surface area contributed by atoms with Gasteiger partial charge in [0.2, 0.25) is 11.2 Å². The molecule has 5 atom stereocenters. The lowest BCUT2D eigenvalue weighted by atomic mass is 9.85. The molecule has 2 saturated heterocycles. The Kier molecular flexibility index (Phi) is 7.99. The molecule has 2 spiro atoms. The lowest BCUT2D eigenvalue weighted by molar-refractivity contribution is -0.169. The monoisotopic (exact) mass is 834 g/mol. The van der Waals surface area contributed by atoms with Gasteiger partial charge in [-0.2, -0.15) is 0 Å². The number of benzene rings is 3. The lowest BCUT2D eigenvalue weighted by Gasteiger charge is -2.55. The minimum Gasteiger partial charge on any atom is -0.508 e. The van der Waals surface area contributed by atoms with E-state index in [1.165, 1.54) is 22.4 Å². The highest BCUT2D eigenvalue weighted by molar-refractivity contribution is 7.19. The maximum atomic E-state index is 14.0. The van der Waals surface area contributed by atoms with Gasteiger partial charge in [0, 0.05) is 42.3 Å². The van der Waals surface area contributed by atoms with Crippen molar-refractivity contribution in [3.05, 3.63) is 132 Å². The van der Waals surface area contributed by atoms with E-state index in [1.807, 2.05) is 66.8 Å². The summed E-state index contributed by atoms with van der Waals surface area (Å²) in [5.74, 6) is 0.0103. The topological polar surface area (TPSA) is 210 Å². The number of phenols is 2. The summed E-state index contributed by atoms with van der Waals surface area (Å²) in [6, 6.07) is 19.0. The predicted molar refractivity (Wildman–Crippen MR) is 223 cm³/mol. The maximum absolute atomic E-state index is 14.0. The number of aromatic hydroxyl groups is 2. The number of phenolic OH excluding ortho intramolecular Hbond substituents is 2. The number of hydrogen-bond acceptors (Lipinski definition) is 16. The van der Waals surface area contributed by atoms with Gasteiger partial charge in [-0.1, -0.05) is 71.3 Å². The summed E-state index contributed by atoms with van der Waals surface area (Å²) in [5, 5.41) is 49.8. The van der Waals surface area contributed by atoms with Gasteiger partial charge in [-0.15, -0.1) is 20.4 Å². The van der Waals surface area contributed by atoms with E-state index >= 15 is 0 Å². The highest BCUT2D eigenvalue weighted by Crippen LogP contribution is 2.48. The van der Waals surface area contributed by atoms with Gasteiger partial charge < -0.3 is 35.6 Å². The Morgan fingerprint density at radius 3 is 2.15 bits per heavy atom. The highest BCUT2D eigenvalue weighted by atomic mass is 32.1. The van der Waals surface area contributed by atoms with Gasteiger partial charge >= 0.3 is 0 Å². The van der Waals surface area contributed by atoms with Crippen molar-refractivity contribution >= 4 is 63.1 Å². The third kappa shape index (κ3) is 5.59. The number of carbonyl (C=O) groups excluding carboxylic acids is 2. The molecule has 0 bridgehead atoms. The first-order chi connectivity index (χ1) is 29.2. The van der Waals surface area contributed by atoms with Crippen molar-refractivity contribution in [1.29, 1.82) is 0 Å². The molecule has 4 aliphatic heterocycles. The zero-order valence-electron chi connectivity index (χ0n) is 31.0. The van der Waals surface area contributed by atoms with Crippen molar-refractivity contribution in [2.45, 2.75) is 35.6 Å². The Balaban J connectivity index is 0.903. The number of allylic oxidation sites excluding steroid dienone is 2. The van der Waals surface area contributed by atoms with Gasteiger partial charge in [-0.3, -0.25) is 14.5 Å². The Hall–Kier alpha value is -7.28. The number of nitrogens with zero attached hydrogens (tertiary/aromatic N) is 7. The van der Waals surface area contributed by atoms with Crippen LogP contribution in [-0.4, -0.2) is 75.9 Å². The molecule has 60 heavy (non-hydrogen) atoms. The fraction of sp³-hybridized carbons (Fsp3) is 0.143. The number of ether oxygens (including phenoxy) is 2. The second-order valence-electron chi connectivity index (χ2n) is 14.6. The molecule has 16 nitrogen and oxygen atoms in total. The predicted octanol–water partition coefficient (Wildman–Crippen LogP) is 5.62. The zero-order valence-corrected chi connectivity index (χ0v) is 32.6. The molecule has 296 valence electrons. The van der Waals surface area contributed by atoms with Crippen LogP contribution in [0.3, 0.4) is 0 Å². The number of carbonyl (C=O) groups is 2. The molecule has 18 heteroatoms. The summed E-state index contributed by atoms with van der Waals surface area (Å²) in [5.41, 5.74) is 0.281.